The lowest BCUT2D eigenvalue weighted by molar-refractivity contribution is 0.290. The molecule has 0 unspecified atom stereocenters. The zero-order valence-corrected chi connectivity index (χ0v) is 8.82. The van der Waals surface area contributed by atoms with Crippen LogP contribution in [0, 0.1) is 18.3 Å². The Kier molecular flexibility index (Phi) is 4.49. The van der Waals surface area contributed by atoms with E-state index in [4.69, 9.17) is 14.7 Å². The lowest BCUT2D eigenvalue weighted by atomic mass is 10.2. The smallest absolute Gasteiger partial charge is 0.162 e. The summed E-state index contributed by atoms with van der Waals surface area (Å²) in [5.41, 5.74) is 0.570. The largest absolute Gasteiger partial charge is 0.493 e. The monoisotopic (exact) mass is 204 g/mol. The maximum Gasteiger partial charge on any atom is 0.162 e. The molecule has 1 radical (unpaired) electrons. The highest BCUT2D eigenvalue weighted by molar-refractivity contribution is 5.46. The molecular weight excluding hydrogens is 190 g/mol. The Morgan fingerprint density at radius 2 is 2.20 bits per heavy atom. The number of ether oxygens (including phenoxy) is 2. The zero-order chi connectivity index (χ0) is 11.1. The van der Waals surface area contributed by atoms with Gasteiger partial charge in [0.05, 0.1) is 25.3 Å². The number of nitriles is 1. The van der Waals surface area contributed by atoms with Gasteiger partial charge in [-0.15, -0.1) is 0 Å². The molecule has 1 rings (SSSR count). The van der Waals surface area contributed by atoms with Crippen molar-refractivity contribution >= 4 is 0 Å². The van der Waals surface area contributed by atoms with Crippen LogP contribution in [-0.4, -0.2) is 13.7 Å². The molecule has 0 aromatic heterocycles. The van der Waals surface area contributed by atoms with E-state index in [0.29, 0.717) is 23.7 Å². The van der Waals surface area contributed by atoms with Crippen molar-refractivity contribution in [3.63, 3.8) is 0 Å². The van der Waals surface area contributed by atoms with Gasteiger partial charge in [0.15, 0.2) is 11.5 Å². The van der Waals surface area contributed by atoms with Crippen molar-refractivity contribution in [3.8, 4) is 17.6 Å². The van der Waals surface area contributed by atoms with Gasteiger partial charge in [0.25, 0.3) is 0 Å². The van der Waals surface area contributed by atoms with Gasteiger partial charge in [-0.2, -0.15) is 5.26 Å². The van der Waals surface area contributed by atoms with Crippen LogP contribution in [0.3, 0.4) is 0 Å². The van der Waals surface area contributed by atoms with Crippen molar-refractivity contribution in [1.82, 2.24) is 0 Å². The predicted octanol–water partition coefficient (Wildman–Crippen LogP) is 2.56. The maximum atomic E-state index is 8.74. The number of methoxy groups -OCH3 is 1. The fraction of sp³-hybridized carbons (Fsp3) is 0.333. The molecule has 0 bridgehead atoms. The lowest BCUT2D eigenvalue weighted by Gasteiger charge is -2.10. The standard InChI is InChI=1S/C12H14NO2/c1-3-4-7-15-12-8-10(9-13)5-6-11(12)14-2/h5-6,8H,1,3-4,7H2,2H3. The molecule has 3 nitrogen and oxygen atoms in total. The van der Waals surface area contributed by atoms with E-state index in [9.17, 15) is 0 Å². The molecular formula is C12H14NO2. The van der Waals surface area contributed by atoms with Crippen LogP contribution in [0.5, 0.6) is 11.5 Å². The van der Waals surface area contributed by atoms with Crippen molar-refractivity contribution in [2.45, 2.75) is 12.8 Å². The second-order valence-corrected chi connectivity index (χ2v) is 3.03. The highest BCUT2D eigenvalue weighted by atomic mass is 16.5. The first kappa shape index (κ1) is 11.4. The molecule has 0 aliphatic carbocycles. The van der Waals surface area contributed by atoms with Gasteiger partial charge in [-0.3, -0.25) is 0 Å². The van der Waals surface area contributed by atoms with E-state index in [1.165, 1.54) is 0 Å². The first-order chi connectivity index (χ1) is 7.31. The summed E-state index contributed by atoms with van der Waals surface area (Å²) in [6.45, 7) is 4.32. The molecule has 15 heavy (non-hydrogen) atoms. The number of hydrogen-bond acceptors (Lipinski definition) is 3. The molecule has 0 amide bonds. The van der Waals surface area contributed by atoms with E-state index in [1.54, 1.807) is 25.3 Å². The highest BCUT2D eigenvalue weighted by Gasteiger charge is 2.04. The minimum absolute atomic E-state index is 0.570. The van der Waals surface area contributed by atoms with E-state index in [0.717, 1.165) is 12.8 Å². The van der Waals surface area contributed by atoms with Crippen molar-refractivity contribution in [2.24, 2.45) is 0 Å². The number of rotatable bonds is 5. The third-order valence-electron chi connectivity index (χ3n) is 1.94. The number of nitrogens with zero attached hydrogens (tertiary/aromatic N) is 1. The summed E-state index contributed by atoms with van der Waals surface area (Å²) in [4.78, 5) is 0. The molecule has 0 aliphatic rings. The summed E-state index contributed by atoms with van der Waals surface area (Å²) in [5, 5.41) is 8.74. The first-order valence-electron chi connectivity index (χ1n) is 4.82. The third-order valence-corrected chi connectivity index (χ3v) is 1.94. The van der Waals surface area contributed by atoms with Crippen LogP contribution in [0.1, 0.15) is 18.4 Å². The Labute approximate surface area is 90.2 Å². The van der Waals surface area contributed by atoms with E-state index < -0.39 is 0 Å². The van der Waals surface area contributed by atoms with E-state index in [1.807, 2.05) is 0 Å². The molecule has 0 fully saturated rings. The van der Waals surface area contributed by atoms with Gasteiger partial charge in [0, 0.05) is 6.07 Å². The Hall–Kier alpha value is -1.69. The average Bonchev–Trinajstić information content (AvgIpc) is 2.29. The SMILES string of the molecule is [CH2]CCCOc1cc(C#N)ccc1OC. The van der Waals surface area contributed by atoms with Gasteiger partial charge < -0.3 is 9.47 Å². The van der Waals surface area contributed by atoms with Gasteiger partial charge in [0.1, 0.15) is 0 Å². The van der Waals surface area contributed by atoms with Gasteiger partial charge >= 0.3 is 0 Å². The molecule has 0 atom stereocenters. The highest BCUT2D eigenvalue weighted by Crippen LogP contribution is 2.27. The maximum absolute atomic E-state index is 8.74. The topological polar surface area (TPSA) is 42.2 Å². The molecule has 0 saturated heterocycles. The van der Waals surface area contributed by atoms with Crippen LogP contribution in [0.2, 0.25) is 0 Å². The van der Waals surface area contributed by atoms with Gasteiger partial charge in [0.2, 0.25) is 0 Å². The fourth-order valence-corrected chi connectivity index (χ4v) is 1.14. The third kappa shape index (κ3) is 3.17. The van der Waals surface area contributed by atoms with Crippen molar-refractivity contribution in [3.05, 3.63) is 30.7 Å². The van der Waals surface area contributed by atoms with E-state index in [-0.39, 0.29) is 0 Å². The van der Waals surface area contributed by atoms with Crippen LogP contribution >= 0.6 is 0 Å². The van der Waals surface area contributed by atoms with Gasteiger partial charge in [-0.05, 0) is 18.6 Å². The molecule has 0 spiro atoms. The van der Waals surface area contributed by atoms with Crippen LogP contribution in [-0.2, 0) is 0 Å². The number of unbranched alkanes of at least 4 members (excludes halogenated alkanes) is 1. The molecule has 0 heterocycles. The Bertz CT molecular complexity index is 355. The first-order valence-corrected chi connectivity index (χ1v) is 4.82. The molecule has 79 valence electrons. The minimum Gasteiger partial charge on any atom is -0.493 e. The van der Waals surface area contributed by atoms with Crippen LogP contribution in [0.4, 0.5) is 0 Å². The summed E-state index contributed by atoms with van der Waals surface area (Å²) >= 11 is 0. The number of hydrogen-bond donors (Lipinski definition) is 0. The molecule has 1 aromatic carbocycles. The Morgan fingerprint density at radius 3 is 2.80 bits per heavy atom. The molecule has 0 aliphatic heterocycles. The quantitative estimate of drug-likeness (QED) is 0.692. The summed E-state index contributed by atoms with van der Waals surface area (Å²) in [5.74, 6) is 1.27. The Morgan fingerprint density at radius 1 is 1.40 bits per heavy atom. The minimum atomic E-state index is 0.570. The molecule has 1 aromatic rings. The molecule has 3 heteroatoms. The summed E-state index contributed by atoms with van der Waals surface area (Å²) in [6, 6.07) is 7.18. The Balaban J connectivity index is 2.78. The van der Waals surface area contributed by atoms with E-state index >= 15 is 0 Å². The average molecular weight is 204 g/mol. The van der Waals surface area contributed by atoms with Crippen LogP contribution in [0.25, 0.3) is 0 Å². The lowest BCUT2D eigenvalue weighted by Crippen LogP contribution is -1.99. The van der Waals surface area contributed by atoms with Crippen molar-refractivity contribution in [1.29, 1.82) is 5.26 Å². The molecule has 0 saturated carbocycles. The predicted molar refractivity (Wildman–Crippen MR) is 57.8 cm³/mol. The molecule has 0 N–H and O–H groups in total. The van der Waals surface area contributed by atoms with Gasteiger partial charge in [-0.1, -0.05) is 13.3 Å². The van der Waals surface area contributed by atoms with Crippen LogP contribution in [0.15, 0.2) is 18.2 Å². The second-order valence-electron chi connectivity index (χ2n) is 3.03. The second kappa shape index (κ2) is 5.92. The summed E-state index contributed by atoms with van der Waals surface area (Å²) in [6.07, 6.45) is 1.72. The van der Waals surface area contributed by atoms with Crippen molar-refractivity contribution in [2.75, 3.05) is 13.7 Å². The van der Waals surface area contributed by atoms with Crippen molar-refractivity contribution < 1.29 is 9.47 Å². The summed E-state index contributed by atoms with van der Waals surface area (Å²) < 4.78 is 10.6. The summed E-state index contributed by atoms with van der Waals surface area (Å²) in [7, 11) is 1.58. The van der Waals surface area contributed by atoms with E-state index in [2.05, 4.69) is 13.0 Å². The normalized spacial score (nSPS) is 9.40. The zero-order valence-electron chi connectivity index (χ0n) is 8.82. The van der Waals surface area contributed by atoms with Crippen LogP contribution < -0.4 is 9.47 Å². The number of benzene rings is 1. The van der Waals surface area contributed by atoms with Gasteiger partial charge in [-0.25, -0.2) is 0 Å². The fourth-order valence-electron chi connectivity index (χ4n) is 1.14.